The Bertz CT molecular complexity index is 245. The first-order chi connectivity index (χ1) is 7.42. The van der Waals surface area contributed by atoms with Crippen LogP contribution in [-0.4, -0.2) is 23.5 Å². The number of halogens is 4. The summed E-state index contributed by atoms with van der Waals surface area (Å²) in [5.74, 6) is -0.656. The molecule has 16 heavy (non-hydrogen) atoms. The topological polar surface area (TPSA) is 29.1 Å². The summed E-state index contributed by atoms with van der Waals surface area (Å²) in [4.78, 5) is 11.1. The van der Waals surface area contributed by atoms with E-state index in [9.17, 15) is 18.0 Å². The van der Waals surface area contributed by atoms with Gasteiger partial charge in [-0.25, -0.2) is 0 Å². The van der Waals surface area contributed by atoms with Crippen molar-refractivity contribution >= 4 is 21.8 Å². The highest BCUT2D eigenvalue weighted by molar-refractivity contribution is 9.09. The number of carbonyl (C=O) groups excluding carboxylic acids is 1. The van der Waals surface area contributed by atoms with Crippen LogP contribution in [0.15, 0.2) is 0 Å². The minimum Gasteiger partial charge on any atom is -0.353 e. The summed E-state index contributed by atoms with van der Waals surface area (Å²) < 4.78 is 35.9. The Labute approximate surface area is 101 Å². The average molecular weight is 302 g/mol. The van der Waals surface area contributed by atoms with E-state index in [0.717, 1.165) is 31.0 Å². The van der Waals surface area contributed by atoms with Crippen LogP contribution in [0.5, 0.6) is 0 Å². The largest absolute Gasteiger partial charge is 0.397 e. The van der Waals surface area contributed by atoms with E-state index in [1.807, 2.05) is 0 Å². The second-order valence-electron chi connectivity index (χ2n) is 4.16. The predicted octanol–water partition coefficient (Wildman–Crippen LogP) is 3.01. The van der Waals surface area contributed by atoms with Gasteiger partial charge in [0.25, 0.3) is 0 Å². The summed E-state index contributed by atoms with van der Waals surface area (Å²) in [6.45, 7) is 0. The zero-order chi connectivity index (χ0) is 12.2. The van der Waals surface area contributed by atoms with E-state index < -0.39 is 18.5 Å². The summed E-state index contributed by atoms with van der Waals surface area (Å²) in [6.07, 6.45) is -1.99. The fourth-order valence-electron chi connectivity index (χ4n) is 2.02. The van der Waals surface area contributed by atoms with E-state index in [-0.39, 0.29) is 12.0 Å². The summed E-state index contributed by atoms with van der Waals surface area (Å²) in [5.41, 5.74) is 0. The molecule has 0 radical (unpaired) electrons. The average Bonchev–Trinajstić information content (AvgIpc) is 2.15. The third-order valence-electron chi connectivity index (χ3n) is 2.81. The smallest absolute Gasteiger partial charge is 0.353 e. The van der Waals surface area contributed by atoms with Crippen LogP contribution in [0.3, 0.4) is 0 Å². The molecule has 1 fully saturated rings. The van der Waals surface area contributed by atoms with Gasteiger partial charge in [0.15, 0.2) is 0 Å². The number of alkyl halides is 4. The molecule has 0 bridgehead atoms. The Morgan fingerprint density at radius 2 is 1.94 bits per heavy atom. The van der Waals surface area contributed by atoms with Gasteiger partial charge in [0.1, 0.15) is 6.42 Å². The van der Waals surface area contributed by atoms with Crippen molar-refractivity contribution in [1.29, 1.82) is 0 Å². The maximum Gasteiger partial charge on any atom is 0.397 e. The van der Waals surface area contributed by atoms with Crippen molar-refractivity contribution in [2.45, 2.75) is 44.3 Å². The van der Waals surface area contributed by atoms with Gasteiger partial charge in [0.05, 0.1) is 0 Å². The maximum atomic E-state index is 12.0. The SMILES string of the molecule is O=C(CC(F)(F)F)NC1CCCCC1CBr. The Morgan fingerprint density at radius 1 is 1.31 bits per heavy atom. The van der Waals surface area contributed by atoms with Crippen LogP contribution < -0.4 is 5.32 Å². The Morgan fingerprint density at radius 3 is 2.50 bits per heavy atom. The first-order valence-electron chi connectivity index (χ1n) is 5.34. The fraction of sp³-hybridized carbons (Fsp3) is 0.900. The first-order valence-corrected chi connectivity index (χ1v) is 6.46. The van der Waals surface area contributed by atoms with Crippen molar-refractivity contribution < 1.29 is 18.0 Å². The van der Waals surface area contributed by atoms with Crippen LogP contribution >= 0.6 is 15.9 Å². The molecular formula is C10H15BrF3NO. The molecule has 0 aromatic heterocycles. The molecule has 1 rings (SSSR count). The van der Waals surface area contributed by atoms with E-state index in [4.69, 9.17) is 0 Å². The number of carbonyl (C=O) groups is 1. The Hall–Kier alpha value is -0.260. The van der Waals surface area contributed by atoms with E-state index >= 15 is 0 Å². The van der Waals surface area contributed by atoms with Gasteiger partial charge in [0.2, 0.25) is 5.91 Å². The van der Waals surface area contributed by atoms with Crippen molar-refractivity contribution in [2.75, 3.05) is 5.33 Å². The number of amides is 1. The third-order valence-corrected chi connectivity index (χ3v) is 3.65. The van der Waals surface area contributed by atoms with Crippen LogP contribution in [0.2, 0.25) is 0 Å². The molecule has 6 heteroatoms. The molecule has 0 saturated heterocycles. The molecule has 0 aromatic rings. The van der Waals surface area contributed by atoms with Gasteiger partial charge in [-0.3, -0.25) is 4.79 Å². The van der Waals surface area contributed by atoms with Gasteiger partial charge in [0, 0.05) is 11.4 Å². The maximum absolute atomic E-state index is 12.0. The highest BCUT2D eigenvalue weighted by Crippen LogP contribution is 2.26. The van der Waals surface area contributed by atoms with E-state index in [0.29, 0.717) is 0 Å². The lowest BCUT2D eigenvalue weighted by Gasteiger charge is -2.31. The highest BCUT2D eigenvalue weighted by atomic mass is 79.9. The molecule has 0 heterocycles. The van der Waals surface area contributed by atoms with Gasteiger partial charge in [-0.2, -0.15) is 13.2 Å². The number of hydrogen-bond acceptors (Lipinski definition) is 1. The first kappa shape index (κ1) is 13.8. The Balaban J connectivity index is 2.42. The molecule has 1 amide bonds. The number of rotatable bonds is 3. The molecule has 2 unspecified atom stereocenters. The second kappa shape index (κ2) is 5.89. The Kier molecular flexibility index (Phi) is 5.08. The third kappa shape index (κ3) is 4.72. The van der Waals surface area contributed by atoms with Gasteiger partial charge in [-0.15, -0.1) is 0 Å². The molecule has 0 spiro atoms. The van der Waals surface area contributed by atoms with Crippen LogP contribution in [0.1, 0.15) is 32.1 Å². The molecule has 1 N–H and O–H groups in total. The van der Waals surface area contributed by atoms with Crippen LogP contribution in [0.4, 0.5) is 13.2 Å². The molecule has 2 nitrogen and oxygen atoms in total. The monoisotopic (exact) mass is 301 g/mol. The molecule has 1 saturated carbocycles. The number of nitrogens with one attached hydrogen (secondary N) is 1. The van der Waals surface area contributed by atoms with Crippen molar-refractivity contribution in [3.8, 4) is 0 Å². The van der Waals surface area contributed by atoms with Gasteiger partial charge >= 0.3 is 6.18 Å². The van der Waals surface area contributed by atoms with Gasteiger partial charge in [-0.1, -0.05) is 28.8 Å². The summed E-state index contributed by atoms with van der Waals surface area (Å²) in [5, 5.41) is 3.21. The predicted molar refractivity (Wildman–Crippen MR) is 58.4 cm³/mol. The van der Waals surface area contributed by atoms with E-state index in [1.165, 1.54) is 0 Å². The van der Waals surface area contributed by atoms with Crippen LogP contribution in [0.25, 0.3) is 0 Å². The summed E-state index contributed by atoms with van der Waals surface area (Å²) >= 11 is 3.33. The molecule has 0 aromatic carbocycles. The van der Waals surface area contributed by atoms with E-state index in [1.54, 1.807) is 0 Å². The minimum absolute atomic E-state index is 0.108. The lowest BCUT2D eigenvalue weighted by atomic mass is 9.86. The molecule has 1 aliphatic rings. The number of hydrogen-bond donors (Lipinski definition) is 1. The minimum atomic E-state index is -4.41. The molecular weight excluding hydrogens is 287 g/mol. The lowest BCUT2D eigenvalue weighted by Crippen LogP contribution is -2.43. The van der Waals surface area contributed by atoms with Gasteiger partial charge in [-0.05, 0) is 18.8 Å². The normalized spacial score (nSPS) is 26.5. The molecule has 1 aliphatic carbocycles. The van der Waals surface area contributed by atoms with Crippen LogP contribution in [0, 0.1) is 5.92 Å². The summed E-state index contributed by atoms with van der Waals surface area (Å²) in [6, 6.07) is -0.108. The highest BCUT2D eigenvalue weighted by Gasteiger charge is 2.33. The van der Waals surface area contributed by atoms with Crippen molar-refractivity contribution in [1.82, 2.24) is 5.32 Å². The standard InChI is InChI=1S/C10H15BrF3NO/c11-6-7-3-1-2-4-8(7)15-9(16)5-10(12,13)14/h7-8H,1-6H2,(H,15,16). The van der Waals surface area contributed by atoms with Crippen molar-refractivity contribution in [2.24, 2.45) is 5.92 Å². The van der Waals surface area contributed by atoms with Gasteiger partial charge < -0.3 is 5.32 Å². The molecule has 94 valence electrons. The summed E-state index contributed by atoms with van der Waals surface area (Å²) in [7, 11) is 0. The quantitative estimate of drug-likeness (QED) is 0.798. The zero-order valence-electron chi connectivity index (χ0n) is 8.82. The van der Waals surface area contributed by atoms with E-state index in [2.05, 4.69) is 21.2 Å². The van der Waals surface area contributed by atoms with Crippen molar-refractivity contribution in [3.05, 3.63) is 0 Å². The zero-order valence-corrected chi connectivity index (χ0v) is 10.4. The second-order valence-corrected chi connectivity index (χ2v) is 4.81. The molecule has 2 atom stereocenters. The van der Waals surface area contributed by atoms with Crippen molar-refractivity contribution in [3.63, 3.8) is 0 Å². The molecule has 0 aliphatic heterocycles. The lowest BCUT2D eigenvalue weighted by molar-refractivity contribution is -0.154. The van der Waals surface area contributed by atoms with Crippen LogP contribution in [-0.2, 0) is 4.79 Å². The fourth-order valence-corrected chi connectivity index (χ4v) is 2.80.